The number of carboxylic acid groups (broad SMARTS) is 1. The molecule has 1 N–H and O–H groups in total. The molecule has 1 aliphatic heterocycles. The standard InChI is InChI=1S/C15H15NO4/c1-9-7-12(5-3-11(9)4-6-14(18)19)16-13(17)8-10(2)15(16)20/h3-7,10H,8H2,1-2H3,(H,18,19). The first-order valence-corrected chi connectivity index (χ1v) is 6.28. The Balaban J connectivity index is 2.32. The monoisotopic (exact) mass is 273 g/mol. The largest absolute Gasteiger partial charge is 0.478 e. The van der Waals surface area contributed by atoms with Crippen molar-refractivity contribution >= 4 is 29.5 Å². The van der Waals surface area contributed by atoms with Crippen LogP contribution in [-0.2, 0) is 14.4 Å². The molecule has 1 aliphatic rings. The Bertz CT molecular complexity index is 618. The maximum atomic E-state index is 11.9. The summed E-state index contributed by atoms with van der Waals surface area (Å²) in [4.78, 5) is 35.5. The van der Waals surface area contributed by atoms with Gasteiger partial charge in [-0.1, -0.05) is 13.0 Å². The van der Waals surface area contributed by atoms with Gasteiger partial charge >= 0.3 is 5.97 Å². The number of benzene rings is 1. The Kier molecular flexibility index (Phi) is 3.70. The summed E-state index contributed by atoms with van der Waals surface area (Å²) in [5.41, 5.74) is 2.08. The summed E-state index contributed by atoms with van der Waals surface area (Å²) in [6, 6.07) is 5.07. The lowest BCUT2D eigenvalue weighted by Gasteiger charge is -2.15. The van der Waals surface area contributed by atoms with Gasteiger partial charge in [-0.2, -0.15) is 0 Å². The van der Waals surface area contributed by atoms with Gasteiger partial charge < -0.3 is 5.11 Å². The number of nitrogens with zero attached hydrogens (tertiary/aromatic N) is 1. The zero-order chi connectivity index (χ0) is 14.9. The topological polar surface area (TPSA) is 74.7 Å². The third-order valence-electron chi connectivity index (χ3n) is 3.29. The minimum Gasteiger partial charge on any atom is -0.478 e. The van der Waals surface area contributed by atoms with E-state index >= 15 is 0 Å². The molecule has 1 aromatic carbocycles. The highest BCUT2D eigenvalue weighted by molar-refractivity contribution is 6.20. The van der Waals surface area contributed by atoms with Crippen LogP contribution in [0.2, 0.25) is 0 Å². The number of hydrogen-bond acceptors (Lipinski definition) is 3. The Morgan fingerprint density at radius 1 is 1.40 bits per heavy atom. The highest BCUT2D eigenvalue weighted by Crippen LogP contribution is 2.28. The predicted octanol–water partition coefficient (Wildman–Crippen LogP) is 1.99. The Morgan fingerprint density at radius 2 is 2.10 bits per heavy atom. The summed E-state index contributed by atoms with van der Waals surface area (Å²) < 4.78 is 0. The van der Waals surface area contributed by atoms with E-state index in [0.29, 0.717) is 5.69 Å². The molecule has 2 rings (SSSR count). The lowest BCUT2D eigenvalue weighted by atomic mass is 10.1. The maximum Gasteiger partial charge on any atom is 0.328 e. The normalized spacial score (nSPS) is 19.1. The smallest absolute Gasteiger partial charge is 0.328 e. The van der Waals surface area contributed by atoms with E-state index in [1.807, 2.05) is 0 Å². The number of anilines is 1. The molecule has 0 bridgehead atoms. The molecule has 20 heavy (non-hydrogen) atoms. The highest BCUT2D eigenvalue weighted by atomic mass is 16.4. The molecule has 1 aromatic rings. The first-order valence-electron chi connectivity index (χ1n) is 6.28. The number of carboxylic acids is 1. The molecule has 1 atom stereocenters. The fourth-order valence-electron chi connectivity index (χ4n) is 2.20. The summed E-state index contributed by atoms with van der Waals surface area (Å²) in [5.74, 6) is -1.69. The molecule has 104 valence electrons. The van der Waals surface area contributed by atoms with Crippen LogP contribution >= 0.6 is 0 Å². The molecular weight excluding hydrogens is 258 g/mol. The van der Waals surface area contributed by atoms with E-state index in [4.69, 9.17) is 5.11 Å². The van der Waals surface area contributed by atoms with Crippen molar-refractivity contribution in [2.75, 3.05) is 4.90 Å². The van der Waals surface area contributed by atoms with E-state index in [-0.39, 0.29) is 24.2 Å². The lowest BCUT2D eigenvalue weighted by molar-refractivity contribution is -0.131. The minimum atomic E-state index is -1.02. The van der Waals surface area contributed by atoms with Gasteiger partial charge in [-0.25, -0.2) is 4.79 Å². The Hall–Kier alpha value is -2.43. The van der Waals surface area contributed by atoms with Crippen LogP contribution in [-0.4, -0.2) is 22.9 Å². The molecule has 5 nitrogen and oxygen atoms in total. The van der Waals surface area contributed by atoms with Crippen LogP contribution < -0.4 is 4.90 Å². The van der Waals surface area contributed by atoms with Gasteiger partial charge in [-0.15, -0.1) is 0 Å². The van der Waals surface area contributed by atoms with E-state index < -0.39 is 5.97 Å². The van der Waals surface area contributed by atoms with Crippen molar-refractivity contribution in [1.82, 2.24) is 0 Å². The molecule has 0 saturated carbocycles. The van der Waals surface area contributed by atoms with Gasteiger partial charge in [-0.05, 0) is 36.3 Å². The molecule has 0 aromatic heterocycles. The first kappa shape index (κ1) is 14.0. The van der Waals surface area contributed by atoms with Crippen LogP contribution in [0, 0.1) is 12.8 Å². The van der Waals surface area contributed by atoms with Crippen molar-refractivity contribution in [3.05, 3.63) is 35.4 Å². The zero-order valence-electron chi connectivity index (χ0n) is 11.3. The number of amides is 2. The van der Waals surface area contributed by atoms with Crippen molar-refractivity contribution in [3.8, 4) is 0 Å². The number of rotatable bonds is 3. The number of carbonyl (C=O) groups excluding carboxylic acids is 2. The molecule has 1 unspecified atom stereocenters. The van der Waals surface area contributed by atoms with E-state index in [9.17, 15) is 14.4 Å². The molecule has 0 aliphatic carbocycles. The second kappa shape index (κ2) is 5.28. The van der Waals surface area contributed by atoms with Crippen LogP contribution in [0.25, 0.3) is 6.08 Å². The van der Waals surface area contributed by atoms with Gasteiger partial charge in [0.1, 0.15) is 0 Å². The second-order valence-electron chi connectivity index (χ2n) is 4.89. The molecule has 5 heteroatoms. The number of carbonyl (C=O) groups is 3. The summed E-state index contributed by atoms with van der Waals surface area (Å²) in [5, 5.41) is 8.61. The zero-order valence-corrected chi connectivity index (χ0v) is 11.3. The third kappa shape index (κ3) is 2.61. The minimum absolute atomic E-state index is 0.191. The molecule has 2 amide bonds. The highest BCUT2D eigenvalue weighted by Gasteiger charge is 2.36. The maximum absolute atomic E-state index is 11.9. The number of aliphatic carboxylic acids is 1. The molecule has 1 heterocycles. The number of imide groups is 1. The molecular formula is C15H15NO4. The van der Waals surface area contributed by atoms with Gasteiger partial charge in [-0.3, -0.25) is 14.5 Å². The van der Waals surface area contributed by atoms with Crippen molar-refractivity contribution in [2.24, 2.45) is 5.92 Å². The summed E-state index contributed by atoms with van der Waals surface area (Å²) in [6.45, 7) is 3.54. The van der Waals surface area contributed by atoms with Crippen LogP contribution in [0.3, 0.4) is 0 Å². The second-order valence-corrected chi connectivity index (χ2v) is 4.89. The van der Waals surface area contributed by atoms with Crippen LogP contribution in [0.5, 0.6) is 0 Å². The summed E-state index contributed by atoms with van der Waals surface area (Å²) in [6.07, 6.45) is 2.77. The van der Waals surface area contributed by atoms with Crippen molar-refractivity contribution < 1.29 is 19.5 Å². The predicted molar refractivity (Wildman–Crippen MR) is 74.1 cm³/mol. The quantitative estimate of drug-likeness (QED) is 0.675. The molecule has 1 saturated heterocycles. The van der Waals surface area contributed by atoms with E-state index in [0.717, 1.165) is 17.2 Å². The first-order chi connectivity index (χ1) is 9.40. The van der Waals surface area contributed by atoms with Crippen LogP contribution in [0.15, 0.2) is 24.3 Å². The SMILES string of the molecule is Cc1cc(N2C(=O)CC(C)C2=O)ccc1C=CC(=O)O. The van der Waals surface area contributed by atoms with Gasteiger partial charge in [0.05, 0.1) is 5.69 Å². The summed E-state index contributed by atoms with van der Waals surface area (Å²) in [7, 11) is 0. The Labute approximate surface area is 116 Å². The fourth-order valence-corrected chi connectivity index (χ4v) is 2.20. The van der Waals surface area contributed by atoms with E-state index in [2.05, 4.69) is 0 Å². The van der Waals surface area contributed by atoms with Crippen molar-refractivity contribution in [3.63, 3.8) is 0 Å². The summed E-state index contributed by atoms with van der Waals surface area (Å²) >= 11 is 0. The number of aryl methyl sites for hydroxylation is 1. The van der Waals surface area contributed by atoms with Crippen LogP contribution in [0.1, 0.15) is 24.5 Å². The van der Waals surface area contributed by atoms with Gasteiger partial charge in [0.15, 0.2) is 0 Å². The molecule has 1 fully saturated rings. The van der Waals surface area contributed by atoms with Gasteiger partial charge in [0.25, 0.3) is 0 Å². The third-order valence-corrected chi connectivity index (χ3v) is 3.29. The number of hydrogen-bond donors (Lipinski definition) is 1. The van der Waals surface area contributed by atoms with Gasteiger partial charge in [0.2, 0.25) is 11.8 Å². The van der Waals surface area contributed by atoms with Crippen molar-refractivity contribution in [2.45, 2.75) is 20.3 Å². The average Bonchev–Trinajstić information content (AvgIpc) is 2.61. The van der Waals surface area contributed by atoms with E-state index in [1.54, 1.807) is 32.0 Å². The molecule has 0 spiro atoms. The fraction of sp³-hybridized carbons (Fsp3) is 0.267. The Morgan fingerprint density at radius 3 is 2.60 bits per heavy atom. The molecule has 0 radical (unpaired) electrons. The van der Waals surface area contributed by atoms with Crippen LogP contribution in [0.4, 0.5) is 5.69 Å². The van der Waals surface area contributed by atoms with E-state index in [1.165, 1.54) is 11.0 Å². The average molecular weight is 273 g/mol. The van der Waals surface area contributed by atoms with Gasteiger partial charge in [0, 0.05) is 18.4 Å². The lowest BCUT2D eigenvalue weighted by Crippen LogP contribution is -2.30. The van der Waals surface area contributed by atoms with Crippen molar-refractivity contribution in [1.29, 1.82) is 0 Å².